The Bertz CT molecular complexity index is 622. The molecule has 2 aliphatic rings. The molecule has 90 valence electrons. The molecule has 1 amide bonds. The van der Waals surface area contributed by atoms with Crippen molar-refractivity contribution in [3.8, 4) is 0 Å². The molecule has 0 aliphatic carbocycles. The molecule has 18 heavy (non-hydrogen) atoms. The number of carbonyl (C=O) groups excluding carboxylic acids is 1. The Hall–Kier alpha value is -1.65. The zero-order chi connectivity index (χ0) is 12.2. The van der Waals surface area contributed by atoms with E-state index in [1.165, 1.54) is 0 Å². The Morgan fingerprint density at radius 3 is 2.94 bits per heavy atom. The van der Waals surface area contributed by atoms with E-state index in [2.05, 4.69) is 0 Å². The SMILES string of the molecule is O=C1c2ccccc2C2(c3cccs3)OCCN12. The molecule has 2 aromatic rings. The highest BCUT2D eigenvalue weighted by molar-refractivity contribution is 7.10. The summed E-state index contributed by atoms with van der Waals surface area (Å²) in [6, 6.07) is 11.8. The smallest absolute Gasteiger partial charge is 0.257 e. The zero-order valence-corrected chi connectivity index (χ0v) is 10.4. The lowest BCUT2D eigenvalue weighted by Gasteiger charge is -2.30. The van der Waals surface area contributed by atoms with Gasteiger partial charge in [0.05, 0.1) is 11.5 Å². The molecule has 0 radical (unpaired) electrons. The minimum Gasteiger partial charge on any atom is -0.345 e. The molecule has 2 aliphatic heterocycles. The third-order valence-corrected chi connectivity index (χ3v) is 4.59. The standard InChI is InChI=1S/C14H11NO2S/c16-13-10-4-1-2-5-11(10)14(12-6-3-9-18-12)15(13)7-8-17-14/h1-6,9H,7-8H2. The fourth-order valence-electron chi connectivity index (χ4n) is 2.91. The van der Waals surface area contributed by atoms with Gasteiger partial charge in [0.2, 0.25) is 5.72 Å². The number of fused-ring (bicyclic) bond motifs is 3. The number of nitrogens with zero attached hydrogens (tertiary/aromatic N) is 1. The van der Waals surface area contributed by atoms with E-state index < -0.39 is 5.72 Å². The second-order valence-electron chi connectivity index (χ2n) is 4.47. The molecule has 1 saturated heterocycles. The van der Waals surface area contributed by atoms with Crippen LogP contribution in [0.4, 0.5) is 0 Å². The minimum atomic E-state index is -0.665. The Morgan fingerprint density at radius 2 is 2.11 bits per heavy atom. The number of hydrogen-bond acceptors (Lipinski definition) is 3. The Labute approximate surface area is 109 Å². The molecule has 0 saturated carbocycles. The van der Waals surface area contributed by atoms with E-state index in [4.69, 9.17) is 4.74 Å². The highest BCUT2D eigenvalue weighted by atomic mass is 32.1. The van der Waals surface area contributed by atoms with Crippen molar-refractivity contribution in [2.24, 2.45) is 0 Å². The van der Waals surface area contributed by atoms with Crippen molar-refractivity contribution < 1.29 is 9.53 Å². The van der Waals surface area contributed by atoms with Crippen LogP contribution in [0.15, 0.2) is 41.8 Å². The van der Waals surface area contributed by atoms with Gasteiger partial charge >= 0.3 is 0 Å². The number of hydrogen-bond donors (Lipinski definition) is 0. The van der Waals surface area contributed by atoms with Gasteiger partial charge in [-0.25, -0.2) is 0 Å². The van der Waals surface area contributed by atoms with Crippen LogP contribution in [0.25, 0.3) is 0 Å². The van der Waals surface area contributed by atoms with Gasteiger partial charge in [-0.2, -0.15) is 0 Å². The molecule has 1 aromatic heterocycles. The summed E-state index contributed by atoms with van der Waals surface area (Å²) in [7, 11) is 0. The monoisotopic (exact) mass is 257 g/mol. The third-order valence-electron chi connectivity index (χ3n) is 3.63. The highest BCUT2D eigenvalue weighted by Crippen LogP contribution is 2.48. The second kappa shape index (κ2) is 3.43. The van der Waals surface area contributed by atoms with Crippen LogP contribution in [0.5, 0.6) is 0 Å². The quantitative estimate of drug-likeness (QED) is 0.785. The van der Waals surface area contributed by atoms with Crippen LogP contribution in [0.1, 0.15) is 20.8 Å². The Morgan fingerprint density at radius 1 is 1.22 bits per heavy atom. The van der Waals surface area contributed by atoms with Crippen LogP contribution in [0.3, 0.4) is 0 Å². The molecule has 0 bridgehead atoms. The van der Waals surface area contributed by atoms with Crippen LogP contribution in [0, 0.1) is 0 Å². The van der Waals surface area contributed by atoms with Crippen molar-refractivity contribution in [3.63, 3.8) is 0 Å². The number of ether oxygens (including phenoxy) is 1. The predicted octanol–water partition coefficient (Wildman–Crippen LogP) is 2.44. The molecule has 4 heteroatoms. The average Bonchev–Trinajstić information content (AvgIpc) is 3.09. The molecule has 0 N–H and O–H groups in total. The van der Waals surface area contributed by atoms with Gasteiger partial charge in [0.25, 0.3) is 5.91 Å². The van der Waals surface area contributed by atoms with Crippen LogP contribution in [-0.2, 0) is 10.5 Å². The van der Waals surface area contributed by atoms with E-state index in [-0.39, 0.29) is 5.91 Å². The molecule has 3 heterocycles. The zero-order valence-electron chi connectivity index (χ0n) is 9.63. The maximum Gasteiger partial charge on any atom is 0.257 e. The van der Waals surface area contributed by atoms with Crippen molar-refractivity contribution >= 4 is 17.2 Å². The van der Waals surface area contributed by atoms with Gasteiger partial charge in [-0.3, -0.25) is 9.69 Å². The molecule has 1 aromatic carbocycles. The minimum absolute atomic E-state index is 0.0801. The summed E-state index contributed by atoms with van der Waals surface area (Å²) in [6.07, 6.45) is 0. The third kappa shape index (κ3) is 1.05. The normalized spacial score (nSPS) is 25.3. The van der Waals surface area contributed by atoms with Crippen molar-refractivity contribution in [3.05, 3.63) is 57.8 Å². The molecular weight excluding hydrogens is 246 g/mol. The van der Waals surface area contributed by atoms with E-state index in [1.54, 1.807) is 11.3 Å². The van der Waals surface area contributed by atoms with Gasteiger partial charge in [0.1, 0.15) is 0 Å². The number of benzene rings is 1. The molecule has 4 rings (SSSR count). The number of amides is 1. The number of rotatable bonds is 1. The predicted molar refractivity (Wildman–Crippen MR) is 68.5 cm³/mol. The highest BCUT2D eigenvalue weighted by Gasteiger charge is 2.55. The van der Waals surface area contributed by atoms with Gasteiger partial charge in [-0.05, 0) is 17.5 Å². The van der Waals surface area contributed by atoms with Gasteiger partial charge in [-0.1, -0.05) is 24.3 Å². The summed E-state index contributed by atoms with van der Waals surface area (Å²) in [5.41, 5.74) is 1.09. The molecule has 3 nitrogen and oxygen atoms in total. The van der Waals surface area contributed by atoms with Crippen molar-refractivity contribution in [1.29, 1.82) is 0 Å². The average molecular weight is 257 g/mol. The lowest BCUT2D eigenvalue weighted by molar-refractivity contribution is -0.0276. The fourth-order valence-corrected chi connectivity index (χ4v) is 3.81. The summed E-state index contributed by atoms with van der Waals surface area (Å²) < 4.78 is 6.02. The van der Waals surface area contributed by atoms with Crippen LogP contribution in [-0.4, -0.2) is 24.0 Å². The van der Waals surface area contributed by atoms with Gasteiger partial charge in [-0.15, -0.1) is 11.3 Å². The molecular formula is C14H11NO2S. The van der Waals surface area contributed by atoms with Crippen LogP contribution in [0.2, 0.25) is 0 Å². The molecule has 1 fully saturated rings. The largest absolute Gasteiger partial charge is 0.345 e. The van der Waals surface area contributed by atoms with Gasteiger partial charge in [0, 0.05) is 17.7 Å². The van der Waals surface area contributed by atoms with E-state index >= 15 is 0 Å². The van der Waals surface area contributed by atoms with Crippen molar-refractivity contribution in [2.45, 2.75) is 5.72 Å². The number of thiophene rings is 1. The van der Waals surface area contributed by atoms with Crippen LogP contribution >= 0.6 is 11.3 Å². The Balaban J connectivity index is 2.03. The lowest BCUT2D eigenvalue weighted by Crippen LogP contribution is -2.39. The second-order valence-corrected chi connectivity index (χ2v) is 5.42. The van der Waals surface area contributed by atoms with E-state index in [0.29, 0.717) is 13.2 Å². The first-order valence-corrected chi connectivity index (χ1v) is 6.81. The summed E-state index contributed by atoms with van der Waals surface area (Å²) in [5, 5.41) is 2.02. The topological polar surface area (TPSA) is 29.5 Å². The van der Waals surface area contributed by atoms with Gasteiger partial charge in [0.15, 0.2) is 0 Å². The molecule has 0 spiro atoms. The van der Waals surface area contributed by atoms with Crippen LogP contribution < -0.4 is 0 Å². The summed E-state index contributed by atoms with van der Waals surface area (Å²) in [6.45, 7) is 1.25. The first kappa shape index (κ1) is 10.3. The summed E-state index contributed by atoms with van der Waals surface area (Å²) in [4.78, 5) is 15.4. The summed E-state index contributed by atoms with van der Waals surface area (Å²) >= 11 is 1.63. The molecule has 1 atom stereocenters. The van der Waals surface area contributed by atoms with E-state index in [9.17, 15) is 4.79 Å². The Kier molecular flexibility index (Phi) is 1.96. The lowest BCUT2D eigenvalue weighted by atomic mass is 10.00. The fraction of sp³-hybridized carbons (Fsp3) is 0.214. The number of carbonyl (C=O) groups is 1. The van der Waals surface area contributed by atoms with Crippen molar-refractivity contribution in [2.75, 3.05) is 13.2 Å². The molecule has 1 unspecified atom stereocenters. The maximum absolute atomic E-state index is 12.4. The first-order valence-electron chi connectivity index (χ1n) is 5.93. The summed E-state index contributed by atoms with van der Waals surface area (Å²) in [5.74, 6) is 0.0801. The van der Waals surface area contributed by atoms with E-state index in [1.807, 2.05) is 46.7 Å². The first-order chi connectivity index (χ1) is 8.84. The van der Waals surface area contributed by atoms with Gasteiger partial charge < -0.3 is 4.74 Å². The maximum atomic E-state index is 12.4. The van der Waals surface area contributed by atoms with E-state index in [0.717, 1.165) is 16.0 Å². The van der Waals surface area contributed by atoms with Crippen molar-refractivity contribution in [1.82, 2.24) is 4.90 Å².